The molecule has 0 spiro atoms. The van der Waals surface area contributed by atoms with Crippen LogP contribution in [-0.4, -0.2) is 22.2 Å². The summed E-state index contributed by atoms with van der Waals surface area (Å²) in [7, 11) is 1.51. The number of aromatic amines is 1. The van der Waals surface area contributed by atoms with Gasteiger partial charge in [0.1, 0.15) is 5.82 Å². The SMILES string of the molecule is COc1cc(CO)ccc1Oc1cc(=O)[nH]c(C(C)C)n1. The zero-order valence-electron chi connectivity index (χ0n) is 12.2. The second-order valence-electron chi connectivity index (χ2n) is 4.87. The van der Waals surface area contributed by atoms with Crippen LogP contribution in [0.4, 0.5) is 0 Å². The molecule has 1 aromatic carbocycles. The molecule has 6 nitrogen and oxygen atoms in total. The van der Waals surface area contributed by atoms with Crippen LogP contribution < -0.4 is 15.0 Å². The molecule has 21 heavy (non-hydrogen) atoms. The Morgan fingerprint density at radius 2 is 2.05 bits per heavy atom. The second kappa shape index (κ2) is 6.41. The van der Waals surface area contributed by atoms with E-state index in [1.54, 1.807) is 18.2 Å². The average molecular weight is 290 g/mol. The number of nitrogens with one attached hydrogen (secondary N) is 1. The molecule has 2 aromatic rings. The average Bonchev–Trinajstić information content (AvgIpc) is 2.47. The molecule has 112 valence electrons. The Bertz CT molecular complexity index is 680. The summed E-state index contributed by atoms with van der Waals surface area (Å²) in [4.78, 5) is 18.6. The van der Waals surface area contributed by atoms with E-state index in [0.29, 0.717) is 22.9 Å². The molecule has 0 saturated heterocycles. The standard InChI is InChI=1S/C15H18N2O4/c1-9(2)15-16-13(19)7-14(17-15)21-11-5-4-10(8-18)6-12(11)20-3/h4-7,9,18H,8H2,1-3H3,(H,16,17,19). The van der Waals surface area contributed by atoms with E-state index in [1.807, 2.05) is 13.8 Å². The third-order valence-electron chi connectivity index (χ3n) is 2.91. The number of rotatable bonds is 5. The molecule has 0 unspecified atom stereocenters. The number of hydrogen-bond donors (Lipinski definition) is 2. The van der Waals surface area contributed by atoms with E-state index in [-0.39, 0.29) is 24.0 Å². The van der Waals surface area contributed by atoms with Gasteiger partial charge in [0.25, 0.3) is 5.56 Å². The van der Waals surface area contributed by atoms with E-state index < -0.39 is 0 Å². The lowest BCUT2D eigenvalue weighted by atomic mass is 10.2. The predicted molar refractivity (Wildman–Crippen MR) is 77.9 cm³/mol. The van der Waals surface area contributed by atoms with E-state index in [1.165, 1.54) is 13.2 Å². The van der Waals surface area contributed by atoms with Crippen molar-refractivity contribution in [2.45, 2.75) is 26.4 Å². The molecular weight excluding hydrogens is 272 g/mol. The molecule has 1 heterocycles. The summed E-state index contributed by atoms with van der Waals surface area (Å²) in [5.74, 6) is 1.75. The minimum absolute atomic E-state index is 0.0833. The van der Waals surface area contributed by atoms with Crippen LogP contribution >= 0.6 is 0 Å². The van der Waals surface area contributed by atoms with Gasteiger partial charge in [0, 0.05) is 5.92 Å². The minimum atomic E-state index is -0.269. The number of aliphatic hydroxyl groups excluding tert-OH is 1. The van der Waals surface area contributed by atoms with Crippen molar-refractivity contribution in [3.05, 3.63) is 46.0 Å². The summed E-state index contributed by atoms with van der Waals surface area (Å²) < 4.78 is 10.9. The molecule has 0 radical (unpaired) electrons. The Balaban J connectivity index is 2.36. The molecule has 0 aliphatic heterocycles. The Morgan fingerprint density at radius 3 is 2.67 bits per heavy atom. The van der Waals surface area contributed by atoms with Crippen LogP contribution in [0.1, 0.15) is 31.2 Å². The van der Waals surface area contributed by atoms with Gasteiger partial charge in [-0.05, 0) is 17.7 Å². The number of benzene rings is 1. The van der Waals surface area contributed by atoms with E-state index in [2.05, 4.69) is 9.97 Å². The lowest BCUT2D eigenvalue weighted by molar-refractivity contribution is 0.280. The lowest BCUT2D eigenvalue weighted by Crippen LogP contribution is -2.12. The van der Waals surface area contributed by atoms with Gasteiger partial charge in [-0.15, -0.1) is 0 Å². The van der Waals surface area contributed by atoms with Gasteiger partial charge in [-0.3, -0.25) is 4.79 Å². The fourth-order valence-corrected chi connectivity index (χ4v) is 1.79. The Kier molecular flexibility index (Phi) is 4.59. The molecule has 2 rings (SSSR count). The molecule has 0 amide bonds. The second-order valence-corrected chi connectivity index (χ2v) is 4.87. The normalized spacial score (nSPS) is 10.7. The third kappa shape index (κ3) is 3.61. The first-order valence-electron chi connectivity index (χ1n) is 6.60. The maximum absolute atomic E-state index is 11.6. The summed E-state index contributed by atoms with van der Waals surface area (Å²) in [5.41, 5.74) is 0.440. The number of hydrogen-bond acceptors (Lipinski definition) is 5. The fourth-order valence-electron chi connectivity index (χ4n) is 1.79. The molecular formula is C15H18N2O4. The number of nitrogens with zero attached hydrogens (tertiary/aromatic N) is 1. The van der Waals surface area contributed by atoms with Crippen LogP contribution in [0.3, 0.4) is 0 Å². The van der Waals surface area contributed by atoms with E-state index in [4.69, 9.17) is 14.6 Å². The van der Waals surface area contributed by atoms with Gasteiger partial charge < -0.3 is 19.6 Å². The maximum Gasteiger partial charge on any atom is 0.254 e. The summed E-state index contributed by atoms with van der Waals surface area (Å²) in [6.07, 6.45) is 0. The summed E-state index contributed by atoms with van der Waals surface area (Å²) in [5, 5.41) is 9.12. The number of ether oxygens (including phenoxy) is 2. The Labute approximate surface area is 122 Å². The summed E-state index contributed by atoms with van der Waals surface area (Å²) >= 11 is 0. The molecule has 0 fully saturated rings. The molecule has 0 bridgehead atoms. The predicted octanol–water partition coefficient (Wildman–Crippen LogP) is 2.19. The quantitative estimate of drug-likeness (QED) is 0.881. The highest BCUT2D eigenvalue weighted by Gasteiger charge is 2.10. The minimum Gasteiger partial charge on any atom is -0.493 e. The lowest BCUT2D eigenvalue weighted by Gasteiger charge is -2.12. The fraction of sp³-hybridized carbons (Fsp3) is 0.333. The zero-order chi connectivity index (χ0) is 15.4. The zero-order valence-corrected chi connectivity index (χ0v) is 12.2. The first-order valence-corrected chi connectivity index (χ1v) is 6.60. The first-order chi connectivity index (χ1) is 10.0. The van der Waals surface area contributed by atoms with Crippen LogP contribution in [-0.2, 0) is 6.61 Å². The molecule has 0 aliphatic carbocycles. The highest BCUT2D eigenvalue weighted by molar-refractivity contribution is 5.44. The smallest absolute Gasteiger partial charge is 0.254 e. The van der Waals surface area contributed by atoms with Gasteiger partial charge in [-0.1, -0.05) is 19.9 Å². The van der Waals surface area contributed by atoms with Crippen molar-refractivity contribution in [1.82, 2.24) is 9.97 Å². The van der Waals surface area contributed by atoms with Crippen LogP contribution in [0.25, 0.3) is 0 Å². The highest BCUT2D eigenvalue weighted by Crippen LogP contribution is 2.31. The van der Waals surface area contributed by atoms with E-state index >= 15 is 0 Å². The van der Waals surface area contributed by atoms with Crippen molar-refractivity contribution in [2.75, 3.05) is 7.11 Å². The van der Waals surface area contributed by atoms with Crippen molar-refractivity contribution < 1.29 is 14.6 Å². The van der Waals surface area contributed by atoms with Gasteiger partial charge in [0.2, 0.25) is 5.88 Å². The monoisotopic (exact) mass is 290 g/mol. The molecule has 0 aliphatic rings. The van der Waals surface area contributed by atoms with Crippen molar-refractivity contribution in [3.8, 4) is 17.4 Å². The van der Waals surface area contributed by atoms with E-state index in [9.17, 15) is 4.79 Å². The molecule has 0 saturated carbocycles. The van der Waals surface area contributed by atoms with Crippen LogP contribution in [0.2, 0.25) is 0 Å². The highest BCUT2D eigenvalue weighted by atomic mass is 16.5. The van der Waals surface area contributed by atoms with Crippen LogP contribution in [0.15, 0.2) is 29.1 Å². The number of aromatic nitrogens is 2. The molecule has 0 atom stereocenters. The summed E-state index contributed by atoms with van der Waals surface area (Å²) in [6.45, 7) is 3.77. The molecule has 6 heteroatoms. The topological polar surface area (TPSA) is 84.4 Å². The van der Waals surface area contributed by atoms with Gasteiger partial charge >= 0.3 is 0 Å². The van der Waals surface area contributed by atoms with Crippen molar-refractivity contribution >= 4 is 0 Å². The van der Waals surface area contributed by atoms with Crippen LogP contribution in [0, 0.1) is 0 Å². The van der Waals surface area contributed by atoms with Gasteiger partial charge in [-0.25, -0.2) is 0 Å². The van der Waals surface area contributed by atoms with Crippen molar-refractivity contribution in [1.29, 1.82) is 0 Å². The van der Waals surface area contributed by atoms with E-state index in [0.717, 1.165) is 0 Å². The van der Waals surface area contributed by atoms with Crippen LogP contribution in [0.5, 0.6) is 17.4 Å². The first kappa shape index (κ1) is 15.1. The maximum atomic E-state index is 11.6. The Hall–Kier alpha value is -2.34. The third-order valence-corrected chi connectivity index (χ3v) is 2.91. The van der Waals surface area contributed by atoms with Gasteiger partial charge in [0.05, 0.1) is 19.8 Å². The largest absolute Gasteiger partial charge is 0.493 e. The number of methoxy groups -OCH3 is 1. The molecule has 1 aromatic heterocycles. The Morgan fingerprint density at radius 1 is 1.29 bits per heavy atom. The summed E-state index contributed by atoms with van der Waals surface area (Å²) in [6, 6.07) is 6.34. The van der Waals surface area contributed by atoms with Crippen molar-refractivity contribution in [2.24, 2.45) is 0 Å². The van der Waals surface area contributed by atoms with Crippen molar-refractivity contribution in [3.63, 3.8) is 0 Å². The van der Waals surface area contributed by atoms with Gasteiger partial charge in [-0.2, -0.15) is 4.98 Å². The number of aliphatic hydroxyl groups is 1. The van der Waals surface area contributed by atoms with Gasteiger partial charge in [0.15, 0.2) is 11.5 Å². The number of H-pyrrole nitrogens is 1. The molecule has 2 N–H and O–H groups in total.